The number of aryl methyl sites for hydroxylation is 1. The summed E-state index contributed by atoms with van der Waals surface area (Å²) in [6.45, 7) is 4.99. The molecule has 0 fully saturated rings. The molecule has 3 N–H and O–H groups in total. The summed E-state index contributed by atoms with van der Waals surface area (Å²) in [5.74, 6) is -2.09. The van der Waals surface area contributed by atoms with Gasteiger partial charge in [-0.1, -0.05) is 27.2 Å². The Balaban J connectivity index is 1.65. The lowest BCUT2D eigenvalue weighted by Crippen LogP contribution is -2.54. The smallest absolute Gasteiger partial charge is 0.339 e. The third kappa shape index (κ3) is 5.95. The van der Waals surface area contributed by atoms with Crippen LogP contribution in [-0.2, 0) is 27.2 Å². The molecule has 0 saturated heterocycles. The summed E-state index contributed by atoms with van der Waals surface area (Å²) in [4.78, 5) is 48.8. The topological polar surface area (TPSA) is 135 Å². The van der Waals surface area contributed by atoms with Crippen LogP contribution in [0.4, 0.5) is 0 Å². The van der Waals surface area contributed by atoms with E-state index in [1.807, 2.05) is 13.0 Å². The number of aliphatic carboxylic acids is 1. The summed E-state index contributed by atoms with van der Waals surface area (Å²) in [5, 5.41) is 15.3. The summed E-state index contributed by atoms with van der Waals surface area (Å²) < 4.78 is 11.1. The highest BCUT2D eigenvalue weighted by Gasteiger charge is 2.28. The fraction of sp³-hybridized carbons (Fsp3) is 0.520. The normalized spacial score (nSPS) is 14.8. The Labute approximate surface area is 197 Å². The van der Waals surface area contributed by atoms with Gasteiger partial charge in [0.2, 0.25) is 5.91 Å². The van der Waals surface area contributed by atoms with E-state index in [1.54, 1.807) is 26.0 Å². The Bertz CT molecular complexity index is 1120. The lowest BCUT2D eigenvalue weighted by atomic mass is 9.91. The predicted octanol–water partition coefficient (Wildman–Crippen LogP) is 2.56. The quantitative estimate of drug-likeness (QED) is 0.452. The number of carbonyl (C=O) groups is 3. The van der Waals surface area contributed by atoms with Crippen molar-refractivity contribution in [1.82, 2.24) is 10.6 Å². The molecule has 9 nitrogen and oxygen atoms in total. The highest BCUT2D eigenvalue weighted by molar-refractivity contribution is 5.91. The number of rotatable bonds is 10. The van der Waals surface area contributed by atoms with Crippen LogP contribution in [0.15, 0.2) is 27.4 Å². The largest absolute Gasteiger partial charge is 0.484 e. The molecular weight excluding hydrogens is 440 g/mol. The van der Waals surface area contributed by atoms with Crippen molar-refractivity contribution >= 4 is 28.8 Å². The van der Waals surface area contributed by atoms with Crippen molar-refractivity contribution in [3.8, 4) is 5.75 Å². The minimum atomic E-state index is -1.11. The lowest BCUT2D eigenvalue weighted by Gasteiger charge is -2.24. The van der Waals surface area contributed by atoms with Crippen LogP contribution in [0.1, 0.15) is 57.6 Å². The molecule has 0 bridgehead atoms. The number of carboxylic acid groups (broad SMARTS) is 1. The number of ether oxygens (including phenoxy) is 1. The third-order valence-electron chi connectivity index (χ3n) is 6.02. The van der Waals surface area contributed by atoms with Crippen molar-refractivity contribution in [2.45, 2.75) is 71.4 Å². The minimum Gasteiger partial charge on any atom is -0.484 e. The van der Waals surface area contributed by atoms with Gasteiger partial charge in [-0.2, -0.15) is 0 Å². The number of hydrogen-bond acceptors (Lipinski definition) is 6. The summed E-state index contributed by atoms with van der Waals surface area (Å²) in [6, 6.07) is 3.23. The van der Waals surface area contributed by atoms with Gasteiger partial charge < -0.3 is 24.9 Å². The van der Waals surface area contributed by atoms with Crippen LogP contribution in [0.25, 0.3) is 11.0 Å². The first kappa shape index (κ1) is 25.3. The fourth-order valence-electron chi connectivity index (χ4n) is 4.22. The molecule has 0 saturated carbocycles. The number of carbonyl (C=O) groups excluding carboxylic acids is 2. The van der Waals surface area contributed by atoms with Gasteiger partial charge in [0.1, 0.15) is 23.4 Å². The van der Waals surface area contributed by atoms with E-state index in [-0.39, 0.29) is 18.2 Å². The van der Waals surface area contributed by atoms with Gasteiger partial charge in [-0.05, 0) is 55.7 Å². The summed E-state index contributed by atoms with van der Waals surface area (Å²) in [5.41, 5.74) is 1.86. The maximum Gasteiger partial charge on any atom is 0.339 e. The molecule has 2 amide bonds. The van der Waals surface area contributed by atoms with Crippen LogP contribution in [-0.4, -0.2) is 41.6 Å². The average Bonchev–Trinajstić information content (AvgIpc) is 2.80. The number of hydrogen-bond donors (Lipinski definition) is 3. The molecule has 2 unspecified atom stereocenters. The van der Waals surface area contributed by atoms with E-state index in [1.165, 1.54) is 0 Å². The van der Waals surface area contributed by atoms with Crippen LogP contribution in [0.5, 0.6) is 5.75 Å². The molecule has 1 heterocycles. The van der Waals surface area contributed by atoms with Crippen molar-refractivity contribution < 1.29 is 28.6 Å². The zero-order valence-corrected chi connectivity index (χ0v) is 19.8. The molecule has 184 valence electrons. The van der Waals surface area contributed by atoms with E-state index in [0.717, 1.165) is 42.2 Å². The van der Waals surface area contributed by atoms with Gasteiger partial charge in [0.15, 0.2) is 6.61 Å². The standard InChI is InChI=1S/C25H32N2O7/c1-4-7-19(24(30)31)26-23(29)22(14(2)3)27-21(28)13-33-15-10-11-17-16-8-5-6-9-18(16)25(32)34-20(17)12-15/h10-12,14,19,22H,4-9,13H2,1-3H3,(H,26,29)(H,27,28)(H,30,31). The zero-order chi connectivity index (χ0) is 24.8. The van der Waals surface area contributed by atoms with Crippen molar-refractivity contribution in [2.75, 3.05) is 6.61 Å². The number of amides is 2. The molecule has 34 heavy (non-hydrogen) atoms. The SMILES string of the molecule is CCCC(NC(=O)C(NC(=O)COc1ccc2c3c(c(=O)oc2c1)CCCC3)C(C)C)C(=O)O. The van der Waals surface area contributed by atoms with Crippen molar-refractivity contribution in [1.29, 1.82) is 0 Å². The van der Waals surface area contributed by atoms with Crippen LogP contribution in [0.2, 0.25) is 0 Å². The van der Waals surface area contributed by atoms with Gasteiger partial charge in [0, 0.05) is 17.0 Å². The lowest BCUT2D eigenvalue weighted by molar-refractivity contribution is -0.142. The van der Waals surface area contributed by atoms with E-state index >= 15 is 0 Å². The van der Waals surface area contributed by atoms with E-state index in [4.69, 9.17) is 9.15 Å². The second kappa shape index (κ2) is 11.2. The van der Waals surface area contributed by atoms with Crippen LogP contribution < -0.4 is 21.0 Å². The van der Waals surface area contributed by atoms with Gasteiger partial charge >= 0.3 is 11.6 Å². The molecular formula is C25H32N2O7. The van der Waals surface area contributed by atoms with Gasteiger partial charge in [0.25, 0.3) is 5.91 Å². The number of nitrogens with one attached hydrogen (secondary N) is 2. The molecule has 1 aliphatic carbocycles. The molecule has 9 heteroatoms. The Morgan fingerprint density at radius 3 is 2.47 bits per heavy atom. The highest BCUT2D eigenvalue weighted by atomic mass is 16.5. The molecule has 1 aliphatic rings. The monoisotopic (exact) mass is 472 g/mol. The first-order chi connectivity index (χ1) is 16.2. The van der Waals surface area contributed by atoms with Crippen LogP contribution in [0.3, 0.4) is 0 Å². The maximum atomic E-state index is 12.6. The molecule has 1 aromatic heterocycles. The third-order valence-corrected chi connectivity index (χ3v) is 6.02. The Hall–Kier alpha value is -3.36. The number of benzene rings is 1. The van der Waals surface area contributed by atoms with E-state index in [2.05, 4.69) is 10.6 Å². The van der Waals surface area contributed by atoms with E-state index < -0.39 is 29.9 Å². The van der Waals surface area contributed by atoms with Crippen molar-refractivity contribution in [3.63, 3.8) is 0 Å². The van der Waals surface area contributed by atoms with Gasteiger partial charge in [0.05, 0.1) is 0 Å². The average molecular weight is 473 g/mol. The van der Waals surface area contributed by atoms with Crippen LogP contribution >= 0.6 is 0 Å². The predicted molar refractivity (Wildman–Crippen MR) is 126 cm³/mol. The maximum absolute atomic E-state index is 12.6. The summed E-state index contributed by atoms with van der Waals surface area (Å²) in [6.07, 6.45) is 4.45. The Kier molecular flexibility index (Phi) is 8.31. The van der Waals surface area contributed by atoms with E-state index in [0.29, 0.717) is 24.2 Å². The van der Waals surface area contributed by atoms with Gasteiger partial charge in [-0.25, -0.2) is 9.59 Å². The highest BCUT2D eigenvalue weighted by Crippen LogP contribution is 2.29. The molecule has 0 aliphatic heterocycles. The molecule has 2 atom stereocenters. The summed E-state index contributed by atoms with van der Waals surface area (Å²) in [7, 11) is 0. The second-order valence-electron chi connectivity index (χ2n) is 8.98. The fourth-order valence-corrected chi connectivity index (χ4v) is 4.22. The van der Waals surface area contributed by atoms with Crippen molar-refractivity contribution in [2.24, 2.45) is 5.92 Å². The first-order valence-corrected chi connectivity index (χ1v) is 11.7. The number of fused-ring (bicyclic) bond motifs is 3. The zero-order valence-electron chi connectivity index (χ0n) is 19.8. The molecule has 2 aromatic rings. The van der Waals surface area contributed by atoms with Crippen molar-refractivity contribution in [3.05, 3.63) is 39.7 Å². The molecule has 3 rings (SSSR count). The Morgan fingerprint density at radius 1 is 1.12 bits per heavy atom. The van der Waals surface area contributed by atoms with E-state index in [9.17, 15) is 24.3 Å². The molecule has 0 radical (unpaired) electrons. The molecule has 1 aromatic carbocycles. The van der Waals surface area contributed by atoms with Gasteiger partial charge in [-0.3, -0.25) is 9.59 Å². The number of carboxylic acids is 1. The first-order valence-electron chi connectivity index (χ1n) is 11.7. The molecule has 0 spiro atoms. The second-order valence-corrected chi connectivity index (χ2v) is 8.98. The van der Waals surface area contributed by atoms with Gasteiger partial charge in [-0.15, -0.1) is 0 Å². The van der Waals surface area contributed by atoms with Crippen LogP contribution in [0, 0.1) is 5.92 Å². The Morgan fingerprint density at radius 2 is 1.82 bits per heavy atom. The summed E-state index contributed by atoms with van der Waals surface area (Å²) >= 11 is 0. The minimum absolute atomic E-state index is 0.263.